The quantitative estimate of drug-likeness (QED) is 0.664. The molecule has 6 rings (SSSR count). The van der Waals surface area contributed by atoms with Gasteiger partial charge in [0, 0.05) is 16.7 Å². The summed E-state index contributed by atoms with van der Waals surface area (Å²) in [6, 6.07) is 8.19. The molecule has 35 heavy (non-hydrogen) atoms. The molecule has 0 bridgehead atoms. The van der Waals surface area contributed by atoms with E-state index in [1.165, 1.54) is 11.6 Å². The number of fused-ring (bicyclic) bond motifs is 8. The lowest BCUT2D eigenvalue weighted by Crippen LogP contribution is -2.71. The summed E-state index contributed by atoms with van der Waals surface area (Å²) in [5, 5.41) is 21.9. The van der Waals surface area contributed by atoms with Gasteiger partial charge in [-0.05, 0) is 85.5 Å². The van der Waals surface area contributed by atoms with Crippen molar-refractivity contribution in [3.8, 4) is 0 Å². The molecule has 8 atom stereocenters. The van der Waals surface area contributed by atoms with Gasteiger partial charge in [-0.1, -0.05) is 49.8 Å². The van der Waals surface area contributed by atoms with Gasteiger partial charge >= 0.3 is 0 Å². The molecule has 0 saturated heterocycles. The van der Waals surface area contributed by atoms with Crippen molar-refractivity contribution >= 4 is 11.6 Å². The molecule has 4 nitrogen and oxygen atoms in total. The fourth-order valence-electron chi connectivity index (χ4n) is 9.87. The van der Waals surface area contributed by atoms with Crippen molar-refractivity contribution in [3.63, 3.8) is 0 Å². The highest BCUT2D eigenvalue weighted by Crippen LogP contribution is 2.79. The van der Waals surface area contributed by atoms with Crippen molar-refractivity contribution in [1.82, 2.24) is 0 Å². The maximum absolute atomic E-state index is 17.7. The Labute approximate surface area is 206 Å². The zero-order valence-electron chi connectivity index (χ0n) is 20.8. The highest BCUT2D eigenvalue weighted by atomic mass is 19.1. The number of allylic oxidation sites excluding steroid dienone is 4. The van der Waals surface area contributed by atoms with Crippen LogP contribution in [0.15, 0.2) is 48.1 Å². The molecule has 0 amide bonds. The van der Waals surface area contributed by atoms with Crippen LogP contribution in [0.25, 0.3) is 0 Å². The van der Waals surface area contributed by atoms with E-state index in [-0.39, 0.29) is 23.9 Å². The van der Waals surface area contributed by atoms with Crippen LogP contribution in [0.3, 0.4) is 0 Å². The molecule has 1 unspecified atom stereocenters. The van der Waals surface area contributed by atoms with Crippen molar-refractivity contribution in [2.75, 3.05) is 6.61 Å². The number of hydrogen-bond donors (Lipinski definition) is 2. The third kappa shape index (κ3) is 2.45. The average Bonchev–Trinajstić information content (AvgIpc) is 3.02. The predicted molar refractivity (Wildman–Crippen MR) is 130 cm³/mol. The first-order valence-electron chi connectivity index (χ1n) is 13.0. The van der Waals surface area contributed by atoms with E-state index in [0.29, 0.717) is 25.7 Å². The first-order valence-corrected chi connectivity index (χ1v) is 13.0. The molecule has 0 radical (unpaired) electrons. The molecule has 1 aromatic rings. The molecule has 0 spiro atoms. The number of aliphatic hydroxyl groups excluding tert-OH is 2. The number of hydrogen-bond acceptors (Lipinski definition) is 4. The van der Waals surface area contributed by atoms with Gasteiger partial charge in [-0.15, -0.1) is 0 Å². The van der Waals surface area contributed by atoms with Crippen LogP contribution < -0.4 is 0 Å². The normalized spacial score (nSPS) is 47.7. The molecule has 186 valence electrons. The first kappa shape index (κ1) is 23.3. The van der Waals surface area contributed by atoms with E-state index in [4.69, 9.17) is 0 Å². The van der Waals surface area contributed by atoms with Gasteiger partial charge in [0.1, 0.15) is 6.61 Å². The Bertz CT molecular complexity index is 1200. The van der Waals surface area contributed by atoms with Crippen molar-refractivity contribution in [3.05, 3.63) is 59.2 Å². The Hall–Kier alpha value is -2.11. The lowest BCUT2D eigenvalue weighted by Gasteiger charge is -2.67. The molecule has 0 heterocycles. The number of Topliss-reactive ketones (excluding diaryl/α,β-unsaturated/α-hetero) is 1. The van der Waals surface area contributed by atoms with Crippen LogP contribution in [0.4, 0.5) is 4.39 Å². The Morgan fingerprint density at radius 3 is 2.57 bits per heavy atom. The first-order chi connectivity index (χ1) is 16.5. The van der Waals surface area contributed by atoms with E-state index in [2.05, 4.69) is 26.0 Å². The number of aliphatic hydroxyl groups is 2. The zero-order chi connectivity index (χ0) is 25.0. The molecular weight excluding hydrogens is 443 g/mol. The van der Waals surface area contributed by atoms with Crippen molar-refractivity contribution in [1.29, 1.82) is 0 Å². The molecule has 3 saturated carbocycles. The van der Waals surface area contributed by atoms with Crippen LogP contribution in [0.5, 0.6) is 0 Å². The largest absolute Gasteiger partial charge is 0.390 e. The van der Waals surface area contributed by atoms with E-state index in [1.54, 1.807) is 12.2 Å². The number of rotatable bonds is 2. The molecule has 2 N–H and O–H groups in total. The maximum atomic E-state index is 17.7. The van der Waals surface area contributed by atoms with Gasteiger partial charge in [-0.2, -0.15) is 0 Å². The fourth-order valence-corrected chi connectivity index (χ4v) is 9.87. The van der Waals surface area contributed by atoms with Crippen molar-refractivity contribution in [2.24, 2.45) is 33.5 Å². The second-order valence-corrected chi connectivity index (χ2v) is 12.5. The summed E-state index contributed by atoms with van der Waals surface area (Å²) in [7, 11) is 0. The van der Waals surface area contributed by atoms with Gasteiger partial charge in [0.05, 0.1) is 6.10 Å². The third-order valence-corrected chi connectivity index (χ3v) is 11.7. The van der Waals surface area contributed by atoms with Gasteiger partial charge in [0.15, 0.2) is 17.2 Å². The fraction of sp³-hybridized carbons (Fsp3) is 0.600. The van der Waals surface area contributed by atoms with E-state index >= 15 is 4.39 Å². The Morgan fingerprint density at radius 1 is 1.14 bits per heavy atom. The number of halogens is 1. The monoisotopic (exact) mass is 478 g/mol. The van der Waals surface area contributed by atoms with Gasteiger partial charge in [0.2, 0.25) is 0 Å². The van der Waals surface area contributed by atoms with E-state index in [9.17, 15) is 19.8 Å². The smallest absolute Gasteiger partial charge is 0.178 e. The number of carbonyl (C=O) groups excluding carboxylic acids is 2. The van der Waals surface area contributed by atoms with E-state index in [0.717, 1.165) is 17.6 Å². The molecule has 5 aliphatic carbocycles. The highest BCUT2D eigenvalue weighted by molar-refractivity contribution is 6.01. The van der Waals surface area contributed by atoms with Gasteiger partial charge in [0.25, 0.3) is 0 Å². The lowest BCUT2D eigenvalue weighted by atomic mass is 9.38. The number of carbonyl (C=O) groups is 2. The van der Waals surface area contributed by atoms with E-state index in [1.807, 2.05) is 19.1 Å². The summed E-state index contributed by atoms with van der Waals surface area (Å²) in [6.45, 7) is 5.52. The zero-order valence-corrected chi connectivity index (χ0v) is 20.8. The minimum Gasteiger partial charge on any atom is -0.390 e. The second-order valence-electron chi connectivity index (χ2n) is 12.5. The van der Waals surface area contributed by atoms with Crippen molar-refractivity contribution in [2.45, 2.75) is 71.1 Å². The Balaban J connectivity index is 1.54. The summed E-state index contributed by atoms with van der Waals surface area (Å²) >= 11 is 0. The van der Waals surface area contributed by atoms with Crippen LogP contribution in [-0.2, 0) is 22.4 Å². The van der Waals surface area contributed by atoms with Gasteiger partial charge < -0.3 is 10.2 Å². The summed E-state index contributed by atoms with van der Waals surface area (Å²) in [4.78, 5) is 25.9. The molecular formula is C30H35FO4. The summed E-state index contributed by atoms with van der Waals surface area (Å²) < 4.78 is 17.7. The number of benzene rings is 1. The standard InChI is InChI=1S/C30H35FO4/c1-26-11-10-22(33)13-20(26)8-9-23-27(2)15-21-12-18-6-4-5-7-19(18)14-29(21,25(35)17-32)28(27,3)16-24(34)30(23,26)31/h4-7,10-11,13,21,23-24,32,34H,8-9,12,14-17H2,1-3H3/t21-,23+,24+,26+,27+,28+,29-,30?/m1/s1. The van der Waals surface area contributed by atoms with E-state index < -0.39 is 46.0 Å². The van der Waals surface area contributed by atoms with Crippen LogP contribution in [0.1, 0.15) is 57.6 Å². The van der Waals surface area contributed by atoms with Gasteiger partial charge in [-0.3, -0.25) is 9.59 Å². The number of alkyl halides is 1. The minimum absolute atomic E-state index is 0.0187. The van der Waals surface area contributed by atoms with Crippen LogP contribution in [-0.4, -0.2) is 40.2 Å². The van der Waals surface area contributed by atoms with Gasteiger partial charge in [-0.25, -0.2) is 4.39 Å². The van der Waals surface area contributed by atoms with Crippen LogP contribution in [0, 0.1) is 33.5 Å². The lowest BCUT2D eigenvalue weighted by molar-refractivity contribution is -0.237. The topological polar surface area (TPSA) is 74.6 Å². The maximum Gasteiger partial charge on any atom is 0.178 e. The molecule has 0 aromatic heterocycles. The average molecular weight is 479 g/mol. The second kappa shape index (κ2) is 7.01. The molecule has 3 fully saturated rings. The summed E-state index contributed by atoms with van der Waals surface area (Å²) in [5.74, 6) is -0.791. The molecule has 5 heteroatoms. The van der Waals surface area contributed by atoms with Crippen LogP contribution >= 0.6 is 0 Å². The third-order valence-electron chi connectivity index (χ3n) is 11.7. The minimum atomic E-state index is -1.94. The Morgan fingerprint density at radius 2 is 1.86 bits per heavy atom. The molecule has 1 aromatic carbocycles. The number of ketones is 2. The predicted octanol–water partition coefficient (Wildman–Crippen LogP) is 4.32. The summed E-state index contributed by atoms with van der Waals surface area (Å²) in [5.41, 5.74) is -1.96. The SMILES string of the molecule is C[C@]12C[C@H](O)C3(F)[C@@H](CCC4=CC(=O)C=C[C@@]43C)[C@]1(C)C[C@H]1Cc3ccccc3C[C@]12C(=O)CO. The van der Waals surface area contributed by atoms with Crippen LogP contribution in [0.2, 0.25) is 0 Å². The molecule has 0 aliphatic heterocycles. The highest BCUT2D eigenvalue weighted by Gasteiger charge is 2.80. The van der Waals surface area contributed by atoms with Crippen molar-refractivity contribution < 1.29 is 24.2 Å². The summed E-state index contributed by atoms with van der Waals surface area (Å²) in [6.07, 6.45) is 6.63. The molecule has 5 aliphatic rings. The Kier molecular flexibility index (Phi) is 4.67.